The molecule has 1 aliphatic heterocycles. The fraction of sp³-hybridized carbons (Fsp3) is 0.214. The summed E-state index contributed by atoms with van der Waals surface area (Å²) in [7, 11) is 0. The van der Waals surface area contributed by atoms with Gasteiger partial charge in [0.2, 0.25) is 0 Å². The normalized spacial score (nSPS) is 14.1. The second kappa shape index (κ2) is 5.48. The fourth-order valence-corrected chi connectivity index (χ4v) is 1.69. The molecular weight excluding hydrogens is 246 g/mol. The van der Waals surface area contributed by atoms with Crippen LogP contribution in [0.25, 0.3) is 0 Å². The van der Waals surface area contributed by atoms with E-state index in [4.69, 9.17) is 4.74 Å². The highest BCUT2D eigenvalue weighted by molar-refractivity contribution is 6.12. The van der Waals surface area contributed by atoms with Crippen LogP contribution in [0.3, 0.4) is 0 Å². The third-order valence-corrected chi connectivity index (χ3v) is 2.75. The molecule has 0 saturated carbocycles. The van der Waals surface area contributed by atoms with Gasteiger partial charge in [0.15, 0.2) is 5.78 Å². The van der Waals surface area contributed by atoms with Crippen LogP contribution in [0.4, 0.5) is 0 Å². The van der Waals surface area contributed by atoms with Crippen LogP contribution in [0.15, 0.2) is 36.4 Å². The first kappa shape index (κ1) is 13.0. The molecule has 0 saturated heterocycles. The number of rotatable bonds is 5. The van der Waals surface area contributed by atoms with E-state index >= 15 is 0 Å². The lowest BCUT2D eigenvalue weighted by Crippen LogP contribution is -2.33. The molecule has 0 unspecified atom stereocenters. The Hall–Kier alpha value is -2.43. The zero-order valence-electron chi connectivity index (χ0n) is 10.5. The monoisotopic (exact) mass is 259 g/mol. The first-order valence-electron chi connectivity index (χ1n) is 5.85. The lowest BCUT2D eigenvalue weighted by atomic mass is 10.1. The molecule has 0 spiro atoms. The zero-order chi connectivity index (χ0) is 13.8. The average molecular weight is 259 g/mol. The number of carbonyl (C=O) groups is 3. The summed E-state index contributed by atoms with van der Waals surface area (Å²) in [5.74, 6) is -0.0519. The molecule has 2 rings (SSSR count). The maximum atomic E-state index is 11.3. The number of hydrogen-bond acceptors (Lipinski definition) is 4. The lowest BCUT2D eigenvalue weighted by Gasteiger charge is -2.14. The molecule has 0 N–H and O–H groups in total. The highest BCUT2D eigenvalue weighted by atomic mass is 16.5. The molecule has 5 heteroatoms. The minimum absolute atomic E-state index is 0.00844. The molecule has 2 amide bonds. The number of nitrogens with zero attached hydrogens (tertiary/aromatic N) is 1. The van der Waals surface area contributed by atoms with Crippen LogP contribution < -0.4 is 4.74 Å². The second-order valence-electron chi connectivity index (χ2n) is 4.09. The van der Waals surface area contributed by atoms with Crippen LogP contribution in [-0.4, -0.2) is 35.6 Å². The maximum Gasteiger partial charge on any atom is 0.253 e. The molecule has 5 nitrogen and oxygen atoms in total. The van der Waals surface area contributed by atoms with Crippen molar-refractivity contribution in [2.45, 2.75) is 6.92 Å². The topological polar surface area (TPSA) is 63.7 Å². The van der Waals surface area contributed by atoms with Gasteiger partial charge < -0.3 is 4.74 Å². The van der Waals surface area contributed by atoms with Crippen molar-refractivity contribution in [2.75, 3.05) is 13.2 Å². The van der Waals surface area contributed by atoms with Crippen LogP contribution in [0.1, 0.15) is 17.3 Å². The molecule has 1 aromatic rings. The van der Waals surface area contributed by atoms with Crippen LogP contribution in [0.2, 0.25) is 0 Å². The van der Waals surface area contributed by atoms with Gasteiger partial charge in [0.25, 0.3) is 11.8 Å². The summed E-state index contributed by atoms with van der Waals surface area (Å²) in [6.07, 6.45) is 2.48. The number of amides is 2. The predicted molar refractivity (Wildman–Crippen MR) is 67.8 cm³/mol. The standard InChI is InChI=1S/C14H13NO4/c1-10(16)11-2-4-12(5-3-11)19-9-8-15-13(17)6-7-14(15)18/h2-7H,8-9H2,1H3. The van der Waals surface area contributed by atoms with E-state index in [1.165, 1.54) is 19.1 Å². The third-order valence-electron chi connectivity index (χ3n) is 2.75. The molecule has 0 aromatic heterocycles. The third kappa shape index (κ3) is 3.07. The van der Waals surface area contributed by atoms with Crippen molar-refractivity contribution in [1.82, 2.24) is 4.90 Å². The van der Waals surface area contributed by atoms with Crippen LogP contribution in [0.5, 0.6) is 5.75 Å². The van der Waals surface area contributed by atoms with Crippen molar-refractivity contribution in [3.63, 3.8) is 0 Å². The second-order valence-corrected chi connectivity index (χ2v) is 4.09. The summed E-state index contributed by atoms with van der Waals surface area (Å²) < 4.78 is 5.41. The van der Waals surface area contributed by atoms with Crippen molar-refractivity contribution < 1.29 is 19.1 Å². The van der Waals surface area contributed by atoms with Gasteiger partial charge in [-0.2, -0.15) is 0 Å². The number of ketones is 1. The highest BCUT2D eigenvalue weighted by Gasteiger charge is 2.22. The van der Waals surface area contributed by atoms with Gasteiger partial charge >= 0.3 is 0 Å². The van der Waals surface area contributed by atoms with Gasteiger partial charge in [-0.3, -0.25) is 19.3 Å². The van der Waals surface area contributed by atoms with Gasteiger partial charge in [-0.25, -0.2) is 0 Å². The predicted octanol–water partition coefficient (Wildman–Crippen LogP) is 1.19. The van der Waals surface area contributed by atoms with Crippen molar-refractivity contribution in [3.8, 4) is 5.75 Å². The van der Waals surface area contributed by atoms with E-state index in [0.29, 0.717) is 11.3 Å². The molecule has 0 atom stereocenters. The summed E-state index contributed by atoms with van der Waals surface area (Å²) >= 11 is 0. The van der Waals surface area contributed by atoms with Crippen molar-refractivity contribution in [1.29, 1.82) is 0 Å². The average Bonchev–Trinajstić information content (AvgIpc) is 2.71. The number of carbonyl (C=O) groups excluding carboxylic acids is 3. The van der Waals surface area contributed by atoms with Gasteiger partial charge in [0.05, 0.1) is 6.54 Å². The summed E-state index contributed by atoms with van der Waals surface area (Å²) in [6, 6.07) is 6.71. The minimum atomic E-state index is -0.319. The van der Waals surface area contributed by atoms with Crippen LogP contribution >= 0.6 is 0 Å². The Morgan fingerprint density at radius 2 is 1.68 bits per heavy atom. The van der Waals surface area contributed by atoms with E-state index in [9.17, 15) is 14.4 Å². The first-order chi connectivity index (χ1) is 9.08. The molecule has 98 valence electrons. The quantitative estimate of drug-likeness (QED) is 0.588. The SMILES string of the molecule is CC(=O)c1ccc(OCCN2C(=O)C=CC2=O)cc1. The van der Waals surface area contributed by atoms with Crippen molar-refractivity contribution in [3.05, 3.63) is 42.0 Å². The van der Waals surface area contributed by atoms with E-state index in [1.54, 1.807) is 24.3 Å². The molecule has 0 fully saturated rings. The number of imide groups is 1. The highest BCUT2D eigenvalue weighted by Crippen LogP contribution is 2.13. The molecule has 1 heterocycles. The summed E-state index contributed by atoms with van der Waals surface area (Å²) in [6.45, 7) is 1.92. The largest absolute Gasteiger partial charge is 0.492 e. The number of benzene rings is 1. The number of hydrogen-bond donors (Lipinski definition) is 0. The first-order valence-corrected chi connectivity index (χ1v) is 5.85. The van der Waals surface area contributed by atoms with Gasteiger partial charge in [0, 0.05) is 17.7 Å². The molecule has 1 aliphatic rings. The summed E-state index contributed by atoms with van der Waals surface area (Å²) in [5.41, 5.74) is 0.612. The van der Waals surface area contributed by atoms with E-state index in [0.717, 1.165) is 4.90 Å². The number of ether oxygens (including phenoxy) is 1. The van der Waals surface area contributed by atoms with Crippen LogP contribution in [0, 0.1) is 0 Å². The molecule has 1 aromatic carbocycles. The Morgan fingerprint density at radius 1 is 1.11 bits per heavy atom. The van der Waals surface area contributed by atoms with E-state index in [1.807, 2.05) is 0 Å². The van der Waals surface area contributed by atoms with E-state index in [2.05, 4.69) is 0 Å². The summed E-state index contributed by atoms with van der Waals surface area (Å²) in [4.78, 5) is 34.7. The van der Waals surface area contributed by atoms with E-state index in [-0.39, 0.29) is 30.7 Å². The Balaban J connectivity index is 1.84. The molecule has 19 heavy (non-hydrogen) atoms. The Kier molecular flexibility index (Phi) is 3.75. The molecule has 0 radical (unpaired) electrons. The fourth-order valence-electron chi connectivity index (χ4n) is 1.69. The molecular formula is C14H13NO4. The smallest absolute Gasteiger partial charge is 0.253 e. The Labute approximate surface area is 110 Å². The van der Waals surface area contributed by atoms with E-state index < -0.39 is 0 Å². The molecule has 0 bridgehead atoms. The Morgan fingerprint density at radius 3 is 2.21 bits per heavy atom. The maximum absolute atomic E-state index is 11.3. The zero-order valence-corrected chi connectivity index (χ0v) is 10.5. The Bertz CT molecular complexity index is 527. The van der Waals surface area contributed by atoms with Crippen molar-refractivity contribution in [2.24, 2.45) is 0 Å². The molecule has 0 aliphatic carbocycles. The number of Topliss-reactive ketones (excluding diaryl/α,β-unsaturated/α-hetero) is 1. The summed E-state index contributed by atoms with van der Waals surface area (Å²) in [5, 5.41) is 0. The van der Waals surface area contributed by atoms with Gasteiger partial charge in [-0.1, -0.05) is 0 Å². The van der Waals surface area contributed by atoms with Gasteiger partial charge in [-0.15, -0.1) is 0 Å². The lowest BCUT2D eigenvalue weighted by molar-refractivity contribution is -0.137. The minimum Gasteiger partial charge on any atom is -0.492 e. The van der Waals surface area contributed by atoms with Gasteiger partial charge in [0.1, 0.15) is 12.4 Å². The van der Waals surface area contributed by atoms with Crippen molar-refractivity contribution >= 4 is 17.6 Å². The van der Waals surface area contributed by atoms with Crippen LogP contribution in [-0.2, 0) is 9.59 Å². The van der Waals surface area contributed by atoms with Gasteiger partial charge in [-0.05, 0) is 31.2 Å².